The predicted octanol–water partition coefficient (Wildman–Crippen LogP) is 4.19. The zero-order valence-electron chi connectivity index (χ0n) is 21.8. The molecule has 1 saturated heterocycles. The first-order chi connectivity index (χ1) is 19.7. The lowest BCUT2D eigenvalue weighted by atomic mass is 9.95. The molecule has 214 valence electrons. The summed E-state index contributed by atoms with van der Waals surface area (Å²) >= 11 is 0. The van der Waals surface area contributed by atoms with Gasteiger partial charge in [0.15, 0.2) is 0 Å². The van der Waals surface area contributed by atoms with Gasteiger partial charge in [0.1, 0.15) is 17.2 Å². The van der Waals surface area contributed by atoms with Crippen molar-refractivity contribution in [3.05, 3.63) is 88.6 Å². The molecule has 2 unspecified atom stereocenters. The molecular formula is C28H28N4O8S. The number of fused-ring (bicyclic) bond motifs is 1. The Balaban J connectivity index is 1.31. The van der Waals surface area contributed by atoms with Gasteiger partial charge in [0.25, 0.3) is 21.6 Å². The summed E-state index contributed by atoms with van der Waals surface area (Å²) in [6.45, 7) is 0.763. The Morgan fingerprint density at radius 2 is 1.98 bits per heavy atom. The molecule has 12 nitrogen and oxygen atoms in total. The van der Waals surface area contributed by atoms with E-state index in [-0.39, 0.29) is 35.6 Å². The monoisotopic (exact) mass is 580 g/mol. The number of nitro benzene ring substituents is 1. The second kappa shape index (κ2) is 12.0. The van der Waals surface area contributed by atoms with Crippen LogP contribution in [0.2, 0.25) is 0 Å². The molecular weight excluding hydrogens is 552 g/mol. The first kappa shape index (κ1) is 28.1. The third kappa shape index (κ3) is 6.48. The van der Waals surface area contributed by atoms with E-state index in [0.717, 1.165) is 23.4 Å². The van der Waals surface area contributed by atoms with Gasteiger partial charge in [-0.1, -0.05) is 12.1 Å². The Morgan fingerprint density at radius 1 is 1.15 bits per heavy atom. The molecule has 0 radical (unpaired) electrons. The van der Waals surface area contributed by atoms with Crippen LogP contribution in [0.5, 0.6) is 11.5 Å². The number of hydrogen-bond acceptors (Lipinski definition) is 9. The molecule has 41 heavy (non-hydrogen) atoms. The minimum atomic E-state index is -4.47. The fraction of sp³-hybridized carbons (Fsp3) is 0.250. The number of nitrogens with zero attached hydrogens (tertiary/aromatic N) is 1. The third-order valence-electron chi connectivity index (χ3n) is 6.85. The van der Waals surface area contributed by atoms with Crippen LogP contribution >= 0.6 is 0 Å². The molecule has 4 aromatic rings. The van der Waals surface area contributed by atoms with E-state index in [1.54, 1.807) is 30.5 Å². The van der Waals surface area contributed by atoms with Crippen LogP contribution in [-0.2, 0) is 14.8 Å². The number of aromatic nitrogens is 1. The maximum Gasteiger partial charge on any atom is 0.293 e. The summed E-state index contributed by atoms with van der Waals surface area (Å²) in [5, 5.41) is 25.0. The lowest BCUT2D eigenvalue weighted by Gasteiger charge is -2.28. The number of nitrogens with one attached hydrogen (secondary N) is 3. The smallest absolute Gasteiger partial charge is 0.293 e. The van der Waals surface area contributed by atoms with Crippen LogP contribution in [0.25, 0.3) is 10.9 Å². The number of rotatable bonds is 10. The van der Waals surface area contributed by atoms with Crippen molar-refractivity contribution in [3.63, 3.8) is 0 Å². The maximum absolute atomic E-state index is 13.1. The highest BCUT2D eigenvalue weighted by Crippen LogP contribution is 2.31. The maximum atomic E-state index is 13.1. The predicted molar refractivity (Wildman–Crippen MR) is 151 cm³/mol. The number of H-pyrrole nitrogens is 1. The molecule has 2 atom stereocenters. The lowest BCUT2D eigenvalue weighted by Crippen LogP contribution is -2.32. The minimum Gasteiger partial charge on any atom is -0.457 e. The van der Waals surface area contributed by atoms with Crippen molar-refractivity contribution < 1.29 is 32.7 Å². The number of aromatic amines is 1. The van der Waals surface area contributed by atoms with Crippen LogP contribution in [0, 0.1) is 16.0 Å². The molecule has 2 heterocycles. The standard InChI is InChI=1S/C28H28N4O8S/c33-17-21-13-18(10-12-39-21)16-30-25-8-6-22(15-26(25)32(35)36)41(37,38)31-28(34)23-3-1-2-4-27(23)40-20-5-7-24-19(14-20)9-11-29-24/h1-9,11,14-15,18,21,29-30,33H,10,12-13,16-17H2,(H,31,34). The summed E-state index contributed by atoms with van der Waals surface area (Å²) in [5.41, 5.74) is 0.569. The molecule has 5 rings (SSSR count). The Morgan fingerprint density at radius 3 is 2.78 bits per heavy atom. The van der Waals surface area contributed by atoms with E-state index in [4.69, 9.17) is 9.47 Å². The Hall–Kier alpha value is -4.46. The summed E-state index contributed by atoms with van der Waals surface area (Å²) in [5.74, 6) is -0.245. The molecule has 1 amide bonds. The molecule has 1 aliphatic rings. The number of para-hydroxylation sites is 1. The summed E-state index contributed by atoms with van der Waals surface area (Å²) in [6.07, 6.45) is 2.83. The molecule has 0 saturated carbocycles. The van der Waals surface area contributed by atoms with Crippen molar-refractivity contribution in [2.75, 3.05) is 25.1 Å². The van der Waals surface area contributed by atoms with Crippen LogP contribution in [0.1, 0.15) is 23.2 Å². The number of sulfonamides is 1. The topological polar surface area (TPSA) is 173 Å². The van der Waals surface area contributed by atoms with E-state index in [2.05, 4.69) is 10.3 Å². The number of ether oxygens (including phenoxy) is 2. The van der Waals surface area contributed by atoms with Gasteiger partial charge in [0.2, 0.25) is 0 Å². The fourth-order valence-electron chi connectivity index (χ4n) is 4.71. The highest BCUT2D eigenvalue weighted by atomic mass is 32.2. The molecule has 0 aliphatic carbocycles. The minimum absolute atomic E-state index is 0.0318. The zero-order valence-corrected chi connectivity index (χ0v) is 22.6. The van der Waals surface area contributed by atoms with Crippen LogP contribution in [0.15, 0.2) is 77.8 Å². The number of benzene rings is 3. The molecule has 1 fully saturated rings. The van der Waals surface area contributed by atoms with E-state index in [9.17, 15) is 28.4 Å². The molecule has 1 aliphatic heterocycles. The third-order valence-corrected chi connectivity index (χ3v) is 8.18. The quantitative estimate of drug-likeness (QED) is 0.158. The molecule has 0 bridgehead atoms. The second-order valence-corrected chi connectivity index (χ2v) is 11.3. The number of anilines is 1. The lowest BCUT2D eigenvalue weighted by molar-refractivity contribution is -0.384. The zero-order chi connectivity index (χ0) is 29.0. The SMILES string of the molecule is O=C(NS(=O)(=O)c1ccc(NCC2CCOC(CO)C2)c([N+](=O)[O-])c1)c1ccccc1Oc1ccc2[nH]ccc2c1. The van der Waals surface area contributed by atoms with Crippen molar-refractivity contribution in [1.29, 1.82) is 0 Å². The number of aliphatic hydroxyl groups excluding tert-OH is 1. The highest BCUT2D eigenvalue weighted by molar-refractivity contribution is 7.90. The highest BCUT2D eigenvalue weighted by Gasteiger charge is 2.26. The second-order valence-electron chi connectivity index (χ2n) is 9.64. The molecule has 13 heteroatoms. The number of nitro groups is 1. The average Bonchev–Trinajstić information content (AvgIpc) is 3.44. The van der Waals surface area contributed by atoms with Crippen LogP contribution in [0.3, 0.4) is 0 Å². The van der Waals surface area contributed by atoms with E-state index in [1.807, 2.05) is 16.9 Å². The average molecular weight is 581 g/mol. The van der Waals surface area contributed by atoms with E-state index < -0.39 is 31.4 Å². The normalized spacial score (nSPS) is 17.2. The van der Waals surface area contributed by atoms with Crippen molar-refractivity contribution in [1.82, 2.24) is 9.71 Å². The van der Waals surface area contributed by atoms with Gasteiger partial charge in [-0.3, -0.25) is 14.9 Å². The van der Waals surface area contributed by atoms with Gasteiger partial charge in [-0.25, -0.2) is 13.1 Å². The Bertz CT molecular complexity index is 1690. The van der Waals surface area contributed by atoms with Gasteiger partial charge in [-0.05, 0) is 67.3 Å². The largest absolute Gasteiger partial charge is 0.457 e. The van der Waals surface area contributed by atoms with Crippen molar-refractivity contribution in [3.8, 4) is 11.5 Å². The number of aliphatic hydroxyl groups is 1. The summed E-state index contributed by atoms with van der Waals surface area (Å²) in [6, 6.07) is 16.7. The van der Waals surface area contributed by atoms with Crippen molar-refractivity contribution in [2.45, 2.75) is 23.8 Å². The summed E-state index contributed by atoms with van der Waals surface area (Å²) < 4.78 is 39.5. The van der Waals surface area contributed by atoms with E-state index in [0.29, 0.717) is 25.3 Å². The number of carbonyl (C=O) groups excluding carboxylic acids is 1. The molecule has 1 aromatic heterocycles. The van der Waals surface area contributed by atoms with Gasteiger partial charge < -0.3 is 24.9 Å². The van der Waals surface area contributed by atoms with Crippen LogP contribution < -0.4 is 14.8 Å². The molecule has 3 aromatic carbocycles. The Kier molecular flexibility index (Phi) is 8.19. The first-order valence-electron chi connectivity index (χ1n) is 12.9. The van der Waals surface area contributed by atoms with Crippen molar-refractivity contribution in [2.24, 2.45) is 5.92 Å². The van der Waals surface area contributed by atoms with E-state index in [1.165, 1.54) is 24.3 Å². The molecule has 4 N–H and O–H groups in total. The first-order valence-corrected chi connectivity index (χ1v) is 14.4. The van der Waals surface area contributed by atoms with Crippen LogP contribution in [-0.4, -0.2) is 55.2 Å². The van der Waals surface area contributed by atoms with Crippen molar-refractivity contribution >= 4 is 38.2 Å². The van der Waals surface area contributed by atoms with Gasteiger partial charge in [-0.15, -0.1) is 0 Å². The number of carbonyl (C=O) groups is 1. The fourth-order valence-corrected chi connectivity index (χ4v) is 5.69. The van der Waals surface area contributed by atoms with E-state index >= 15 is 0 Å². The van der Waals surface area contributed by atoms with Gasteiger partial charge in [-0.2, -0.15) is 0 Å². The van der Waals surface area contributed by atoms with Crippen LogP contribution in [0.4, 0.5) is 11.4 Å². The van der Waals surface area contributed by atoms with Gasteiger partial charge in [0.05, 0.1) is 28.1 Å². The van der Waals surface area contributed by atoms with Gasteiger partial charge in [0, 0.05) is 36.3 Å². The summed E-state index contributed by atoms with van der Waals surface area (Å²) in [4.78, 5) is 26.8. The Labute approximate surface area is 235 Å². The van der Waals surface area contributed by atoms with Gasteiger partial charge >= 0.3 is 0 Å². The number of hydrogen-bond donors (Lipinski definition) is 4. The molecule has 0 spiro atoms. The summed E-state index contributed by atoms with van der Waals surface area (Å²) in [7, 11) is -4.47. The number of amides is 1.